The molecule has 0 amide bonds. The first-order valence-corrected chi connectivity index (χ1v) is 6.46. The second-order valence-corrected chi connectivity index (χ2v) is 5.68. The lowest BCUT2D eigenvalue weighted by atomic mass is 9.77. The Balaban J connectivity index is 2.50. The van der Waals surface area contributed by atoms with Crippen molar-refractivity contribution in [2.24, 2.45) is 17.8 Å². The molecule has 1 fully saturated rings. The van der Waals surface area contributed by atoms with Crippen LogP contribution in [0.4, 0.5) is 0 Å². The van der Waals surface area contributed by atoms with Crippen molar-refractivity contribution < 1.29 is 0 Å². The molecule has 12 heavy (non-hydrogen) atoms. The lowest BCUT2D eigenvalue weighted by Gasteiger charge is -2.36. The van der Waals surface area contributed by atoms with Crippen molar-refractivity contribution >= 4 is 11.8 Å². The average Bonchev–Trinajstić information content (AvgIpc) is 2.03. The molecule has 0 N–H and O–H groups in total. The summed E-state index contributed by atoms with van der Waals surface area (Å²) in [6.07, 6.45) is 6.65. The van der Waals surface area contributed by atoms with E-state index < -0.39 is 0 Å². The Bertz CT molecular complexity index is 131. The van der Waals surface area contributed by atoms with Gasteiger partial charge in [-0.3, -0.25) is 0 Å². The van der Waals surface area contributed by atoms with Crippen LogP contribution in [0.25, 0.3) is 0 Å². The van der Waals surface area contributed by atoms with Gasteiger partial charge in [0.25, 0.3) is 0 Å². The van der Waals surface area contributed by atoms with E-state index in [4.69, 9.17) is 0 Å². The van der Waals surface area contributed by atoms with Crippen molar-refractivity contribution in [1.29, 1.82) is 0 Å². The highest BCUT2D eigenvalue weighted by Crippen LogP contribution is 2.38. The Hall–Kier alpha value is 0.350. The largest absolute Gasteiger partial charge is 0.162 e. The maximum atomic E-state index is 2.40. The van der Waals surface area contributed by atoms with Gasteiger partial charge in [-0.2, -0.15) is 11.8 Å². The molecule has 1 aliphatic carbocycles. The molecule has 0 aliphatic heterocycles. The van der Waals surface area contributed by atoms with Crippen LogP contribution in [0.1, 0.15) is 40.0 Å². The summed E-state index contributed by atoms with van der Waals surface area (Å²) in [6.45, 7) is 7.16. The third-order valence-corrected chi connectivity index (χ3v) is 4.41. The van der Waals surface area contributed by atoms with Crippen molar-refractivity contribution in [1.82, 2.24) is 0 Å². The van der Waals surface area contributed by atoms with Crippen molar-refractivity contribution in [3.63, 3.8) is 0 Å². The number of thioether (sulfide) groups is 1. The maximum Gasteiger partial charge on any atom is 0.00775 e. The smallest absolute Gasteiger partial charge is 0.00775 e. The standard InChI is InChI=1S/C11H22S/c1-8(2)10-6-5-9(3)7-11(10)12-4/h8-11H,5-7H2,1-4H3/t9-,10+,11+/m1/s1. The number of rotatable bonds is 2. The third kappa shape index (κ3) is 2.42. The van der Waals surface area contributed by atoms with Gasteiger partial charge in [0.05, 0.1) is 0 Å². The van der Waals surface area contributed by atoms with Gasteiger partial charge < -0.3 is 0 Å². The SMILES string of the molecule is CS[C@H]1C[C@H](C)CC[C@H]1C(C)C. The van der Waals surface area contributed by atoms with E-state index in [0.717, 1.165) is 23.0 Å². The van der Waals surface area contributed by atoms with E-state index in [2.05, 4.69) is 38.8 Å². The Morgan fingerprint density at radius 3 is 2.42 bits per heavy atom. The van der Waals surface area contributed by atoms with Gasteiger partial charge in [-0.1, -0.05) is 27.2 Å². The molecule has 1 rings (SSSR count). The highest BCUT2D eigenvalue weighted by molar-refractivity contribution is 7.99. The maximum absolute atomic E-state index is 2.40. The van der Waals surface area contributed by atoms with Crippen LogP contribution in [-0.4, -0.2) is 11.5 Å². The van der Waals surface area contributed by atoms with Crippen molar-refractivity contribution in [2.75, 3.05) is 6.26 Å². The molecular weight excluding hydrogens is 164 g/mol. The van der Waals surface area contributed by atoms with E-state index in [9.17, 15) is 0 Å². The molecule has 0 aromatic rings. The fraction of sp³-hybridized carbons (Fsp3) is 1.00. The second-order valence-electron chi connectivity index (χ2n) is 4.60. The summed E-state index contributed by atoms with van der Waals surface area (Å²) in [4.78, 5) is 0. The molecule has 0 heterocycles. The normalized spacial score (nSPS) is 37.2. The fourth-order valence-electron chi connectivity index (χ4n) is 2.39. The summed E-state index contributed by atoms with van der Waals surface area (Å²) >= 11 is 2.09. The molecule has 0 bridgehead atoms. The molecule has 0 aromatic heterocycles. The number of hydrogen-bond acceptors (Lipinski definition) is 1. The highest BCUT2D eigenvalue weighted by Gasteiger charge is 2.29. The molecule has 0 unspecified atom stereocenters. The topological polar surface area (TPSA) is 0 Å². The fourth-order valence-corrected chi connectivity index (χ4v) is 3.71. The van der Waals surface area contributed by atoms with E-state index in [1.807, 2.05) is 0 Å². The molecule has 0 radical (unpaired) electrons. The minimum Gasteiger partial charge on any atom is -0.162 e. The van der Waals surface area contributed by atoms with Gasteiger partial charge in [0, 0.05) is 5.25 Å². The van der Waals surface area contributed by atoms with Crippen LogP contribution in [0, 0.1) is 17.8 Å². The summed E-state index contributed by atoms with van der Waals surface area (Å²) in [5.74, 6) is 2.84. The average molecular weight is 186 g/mol. The molecule has 0 saturated heterocycles. The Morgan fingerprint density at radius 1 is 1.25 bits per heavy atom. The Labute approximate surface area is 81.5 Å². The molecule has 0 nitrogen and oxygen atoms in total. The van der Waals surface area contributed by atoms with E-state index in [1.165, 1.54) is 19.3 Å². The summed E-state index contributed by atoms with van der Waals surface area (Å²) in [7, 11) is 0. The summed E-state index contributed by atoms with van der Waals surface area (Å²) in [5.41, 5.74) is 0. The van der Waals surface area contributed by atoms with E-state index >= 15 is 0 Å². The van der Waals surface area contributed by atoms with Gasteiger partial charge in [0.15, 0.2) is 0 Å². The molecule has 1 heteroatoms. The van der Waals surface area contributed by atoms with Gasteiger partial charge in [-0.05, 0) is 36.9 Å². The molecule has 3 atom stereocenters. The zero-order valence-corrected chi connectivity index (χ0v) is 9.66. The van der Waals surface area contributed by atoms with Crippen LogP contribution in [0.5, 0.6) is 0 Å². The molecule has 0 spiro atoms. The van der Waals surface area contributed by atoms with Crippen molar-refractivity contribution in [2.45, 2.75) is 45.3 Å². The first kappa shape index (κ1) is 10.4. The summed E-state index contributed by atoms with van der Waals surface area (Å²) in [6, 6.07) is 0. The van der Waals surface area contributed by atoms with Gasteiger partial charge in [-0.15, -0.1) is 0 Å². The van der Waals surface area contributed by atoms with Crippen molar-refractivity contribution in [3.8, 4) is 0 Å². The molecule has 0 aromatic carbocycles. The summed E-state index contributed by atoms with van der Waals surface area (Å²) in [5, 5.41) is 0.939. The van der Waals surface area contributed by atoms with Gasteiger partial charge >= 0.3 is 0 Å². The number of hydrogen-bond donors (Lipinski definition) is 0. The third-order valence-electron chi connectivity index (χ3n) is 3.26. The molecular formula is C11H22S. The first-order valence-electron chi connectivity index (χ1n) is 5.18. The van der Waals surface area contributed by atoms with E-state index in [0.29, 0.717) is 0 Å². The monoisotopic (exact) mass is 186 g/mol. The van der Waals surface area contributed by atoms with E-state index in [-0.39, 0.29) is 0 Å². The van der Waals surface area contributed by atoms with E-state index in [1.54, 1.807) is 0 Å². The van der Waals surface area contributed by atoms with Crippen LogP contribution < -0.4 is 0 Å². The lowest BCUT2D eigenvalue weighted by Crippen LogP contribution is -2.29. The van der Waals surface area contributed by atoms with Gasteiger partial charge in [-0.25, -0.2) is 0 Å². The predicted octanol–water partition coefficient (Wildman–Crippen LogP) is 3.81. The highest BCUT2D eigenvalue weighted by atomic mass is 32.2. The Morgan fingerprint density at radius 2 is 1.92 bits per heavy atom. The quantitative estimate of drug-likeness (QED) is 0.632. The molecule has 72 valence electrons. The zero-order valence-electron chi connectivity index (χ0n) is 8.84. The predicted molar refractivity (Wildman–Crippen MR) is 58.6 cm³/mol. The first-order chi connectivity index (χ1) is 5.65. The minimum absolute atomic E-state index is 0.884. The van der Waals surface area contributed by atoms with Crippen LogP contribution in [0.3, 0.4) is 0 Å². The summed E-state index contributed by atoms with van der Waals surface area (Å²) < 4.78 is 0. The van der Waals surface area contributed by atoms with Crippen LogP contribution >= 0.6 is 11.8 Å². The van der Waals surface area contributed by atoms with Crippen LogP contribution in [0.15, 0.2) is 0 Å². The molecule has 1 saturated carbocycles. The van der Waals surface area contributed by atoms with Crippen LogP contribution in [0.2, 0.25) is 0 Å². The van der Waals surface area contributed by atoms with Gasteiger partial charge in [0.1, 0.15) is 0 Å². The molecule has 1 aliphatic rings. The second kappa shape index (κ2) is 4.55. The van der Waals surface area contributed by atoms with Crippen LogP contribution in [-0.2, 0) is 0 Å². The Kier molecular flexibility index (Phi) is 3.95. The van der Waals surface area contributed by atoms with Crippen molar-refractivity contribution in [3.05, 3.63) is 0 Å². The zero-order chi connectivity index (χ0) is 9.14. The van der Waals surface area contributed by atoms with Gasteiger partial charge in [0.2, 0.25) is 0 Å². The lowest BCUT2D eigenvalue weighted by molar-refractivity contribution is 0.244. The minimum atomic E-state index is 0.884.